The maximum absolute atomic E-state index is 13.4. The number of piperazine rings is 1. The van der Waals surface area contributed by atoms with Crippen molar-refractivity contribution in [3.8, 4) is 0 Å². The van der Waals surface area contributed by atoms with Gasteiger partial charge in [0, 0.05) is 42.5 Å². The largest absolute Gasteiger partial charge is 0.365 e. The summed E-state index contributed by atoms with van der Waals surface area (Å²) < 4.78 is 40.0. The zero-order chi connectivity index (χ0) is 14.9. The molecule has 2 rings (SSSR count). The molecule has 1 aromatic carbocycles. The number of nitrogens with zero attached hydrogens (tertiary/aromatic N) is 1. The monoisotopic (exact) mass is 286 g/mol. The second-order valence-electron chi connectivity index (χ2n) is 5.71. The van der Waals surface area contributed by atoms with E-state index in [1.807, 2.05) is 11.8 Å². The molecule has 20 heavy (non-hydrogen) atoms. The number of halogens is 3. The summed E-state index contributed by atoms with van der Waals surface area (Å²) in [5, 5.41) is 3.48. The minimum absolute atomic E-state index is 0.104. The molecule has 2 nitrogen and oxygen atoms in total. The van der Waals surface area contributed by atoms with E-state index in [-0.39, 0.29) is 11.6 Å². The van der Waals surface area contributed by atoms with Gasteiger partial charge in [0.25, 0.3) is 0 Å². The van der Waals surface area contributed by atoms with E-state index < -0.39 is 17.5 Å². The van der Waals surface area contributed by atoms with Gasteiger partial charge in [-0.1, -0.05) is 13.8 Å². The summed E-state index contributed by atoms with van der Waals surface area (Å²) in [6, 6.07) is 2.32. The first kappa shape index (κ1) is 15.2. The van der Waals surface area contributed by atoms with E-state index >= 15 is 0 Å². The minimum Gasteiger partial charge on any atom is -0.365 e. The standard InChI is InChI=1S/C15H21F3N2/c1-4-10-8-19-15(3,5-2)9-20(10)11-6-12(16)14(18)13(17)7-11/h6-7,10,19H,4-5,8-9H2,1-3H3. The molecule has 112 valence electrons. The van der Waals surface area contributed by atoms with Crippen molar-refractivity contribution in [2.24, 2.45) is 0 Å². The molecule has 1 aliphatic heterocycles. The van der Waals surface area contributed by atoms with E-state index in [9.17, 15) is 13.2 Å². The Labute approximate surface area is 118 Å². The van der Waals surface area contributed by atoms with Crippen LogP contribution in [0.1, 0.15) is 33.6 Å². The van der Waals surface area contributed by atoms with Crippen LogP contribution >= 0.6 is 0 Å². The average Bonchev–Trinajstić information content (AvgIpc) is 2.44. The van der Waals surface area contributed by atoms with Gasteiger partial charge in [0.15, 0.2) is 17.5 Å². The maximum atomic E-state index is 13.4. The highest BCUT2D eigenvalue weighted by molar-refractivity contribution is 5.49. The summed E-state index contributed by atoms with van der Waals surface area (Å²) in [6.07, 6.45) is 1.76. The third-order valence-electron chi connectivity index (χ3n) is 4.28. The Bertz CT molecular complexity index is 469. The average molecular weight is 286 g/mol. The van der Waals surface area contributed by atoms with Crippen molar-refractivity contribution >= 4 is 5.69 Å². The normalized spacial score (nSPS) is 26.9. The van der Waals surface area contributed by atoms with Crippen molar-refractivity contribution in [3.05, 3.63) is 29.6 Å². The highest BCUT2D eigenvalue weighted by Gasteiger charge is 2.34. The van der Waals surface area contributed by atoms with Gasteiger partial charge in [-0.05, 0) is 19.8 Å². The van der Waals surface area contributed by atoms with Gasteiger partial charge in [0.1, 0.15) is 0 Å². The number of benzene rings is 1. The Morgan fingerprint density at radius 2 is 1.85 bits per heavy atom. The van der Waals surface area contributed by atoms with Crippen molar-refractivity contribution in [3.63, 3.8) is 0 Å². The summed E-state index contributed by atoms with van der Waals surface area (Å²) >= 11 is 0. The Kier molecular flexibility index (Phi) is 4.28. The molecule has 0 aromatic heterocycles. The number of hydrogen-bond donors (Lipinski definition) is 1. The molecule has 2 atom stereocenters. The minimum atomic E-state index is -1.41. The number of hydrogen-bond acceptors (Lipinski definition) is 2. The summed E-state index contributed by atoms with van der Waals surface area (Å²) in [6.45, 7) is 7.59. The second kappa shape index (κ2) is 5.64. The first-order valence-corrected chi connectivity index (χ1v) is 7.06. The highest BCUT2D eigenvalue weighted by atomic mass is 19.2. The molecule has 0 aliphatic carbocycles. The van der Waals surface area contributed by atoms with Crippen LogP contribution < -0.4 is 10.2 Å². The van der Waals surface area contributed by atoms with Crippen LogP contribution in [-0.4, -0.2) is 24.7 Å². The molecule has 0 bridgehead atoms. The third-order valence-corrected chi connectivity index (χ3v) is 4.28. The van der Waals surface area contributed by atoms with Crippen LogP contribution in [0.5, 0.6) is 0 Å². The molecule has 1 fully saturated rings. The van der Waals surface area contributed by atoms with Gasteiger partial charge >= 0.3 is 0 Å². The molecule has 1 aliphatic rings. The van der Waals surface area contributed by atoms with E-state index in [1.165, 1.54) is 0 Å². The van der Waals surface area contributed by atoms with E-state index in [0.29, 0.717) is 12.2 Å². The van der Waals surface area contributed by atoms with E-state index in [1.54, 1.807) is 0 Å². The molecule has 0 amide bonds. The van der Waals surface area contributed by atoms with Crippen LogP contribution in [0.25, 0.3) is 0 Å². The lowest BCUT2D eigenvalue weighted by molar-refractivity contribution is 0.275. The summed E-state index contributed by atoms with van der Waals surface area (Å²) in [5.41, 5.74) is 0.307. The first-order chi connectivity index (χ1) is 9.40. The maximum Gasteiger partial charge on any atom is 0.194 e. The van der Waals surface area contributed by atoms with Crippen molar-refractivity contribution in [1.82, 2.24) is 5.32 Å². The third kappa shape index (κ3) is 2.77. The van der Waals surface area contributed by atoms with Gasteiger partial charge in [0.05, 0.1) is 0 Å². The van der Waals surface area contributed by atoms with Crippen molar-refractivity contribution in [2.75, 3.05) is 18.0 Å². The van der Waals surface area contributed by atoms with Crippen LogP contribution in [0.4, 0.5) is 18.9 Å². The van der Waals surface area contributed by atoms with E-state index in [0.717, 1.165) is 31.5 Å². The predicted octanol–water partition coefficient (Wildman–Crippen LogP) is 3.46. The van der Waals surface area contributed by atoms with Crippen LogP contribution in [0.3, 0.4) is 0 Å². The van der Waals surface area contributed by atoms with Gasteiger partial charge in [-0.2, -0.15) is 0 Å². The Balaban J connectivity index is 2.36. The Morgan fingerprint density at radius 3 is 2.35 bits per heavy atom. The number of nitrogens with one attached hydrogen (secondary N) is 1. The molecule has 0 radical (unpaired) electrons. The molecule has 1 saturated heterocycles. The van der Waals surface area contributed by atoms with Crippen molar-refractivity contribution in [1.29, 1.82) is 0 Å². The molecule has 5 heteroatoms. The lowest BCUT2D eigenvalue weighted by atomic mass is 9.92. The second-order valence-corrected chi connectivity index (χ2v) is 5.71. The van der Waals surface area contributed by atoms with Crippen LogP contribution in [0.2, 0.25) is 0 Å². The van der Waals surface area contributed by atoms with Gasteiger partial charge in [-0.25, -0.2) is 13.2 Å². The lowest BCUT2D eigenvalue weighted by Gasteiger charge is -2.47. The summed E-state index contributed by atoms with van der Waals surface area (Å²) in [4.78, 5) is 1.98. The number of rotatable bonds is 3. The van der Waals surface area contributed by atoms with E-state index in [4.69, 9.17) is 0 Å². The van der Waals surface area contributed by atoms with Crippen LogP contribution in [0.15, 0.2) is 12.1 Å². The predicted molar refractivity (Wildman–Crippen MR) is 74.4 cm³/mol. The van der Waals surface area contributed by atoms with Crippen molar-refractivity contribution < 1.29 is 13.2 Å². The highest BCUT2D eigenvalue weighted by Crippen LogP contribution is 2.28. The molecule has 1 aromatic rings. The molecular weight excluding hydrogens is 265 g/mol. The van der Waals surface area contributed by atoms with Gasteiger partial charge in [-0.3, -0.25) is 0 Å². The fraction of sp³-hybridized carbons (Fsp3) is 0.600. The smallest absolute Gasteiger partial charge is 0.194 e. The number of anilines is 1. The van der Waals surface area contributed by atoms with Crippen LogP contribution in [0, 0.1) is 17.5 Å². The summed E-state index contributed by atoms with van der Waals surface area (Å²) in [7, 11) is 0. The van der Waals surface area contributed by atoms with Gasteiger partial charge in [0.2, 0.25) is 0 Å². The quantitative estimate of drug-likeness (QED) is 0.856. The lowest BCUT2D eigenvalue weighted by Crippen LogP contribution is -2.62. The zero-order valence-electron chi connectivity index (χ0n) is 12.1. The summed E-state index contributed by atoms with van der Waals surface area (Å²) in [5.74, 6) is -3.67. The van der Waals surface area contributed by atoms with Gasteiger partial charge < -0.3 is 10.2 Å². The fourth-order valence-corrected chi connectivity index (χ4v) is 2.65. The Hall–Kier alpha value is -1.23. The molecule has 0 spiro atoms. The van der Waals surface area contributed by atoms with E-state index in [2.05, 4.69) is 19.2 Å². The SMILES string of the molecule is CCC1CNC(C)(CC)CN1c1cc(F)c(F)c(F)c1. The topological polar surface area (TPSA) is 15.3 Å². The van der Waals surface area contributed by atoms with Crippen LogP contribution in [-0.2, 0) is 0 Å². The molecular formula is C15H21F3N2. The fourth-order valence-electron chi connectivity index (χ4n) is 2.65. The molecule has 1 N–H and O–H groups in total. The first-order valence-electron chi connectivity index (χ1n) is 7.06. The zero-order valence-corrected chi connectivity index (χ0v) is 12.1. The van der Waals surface area contributed by atoms with Crippen molar-refractivity contribution in [2.45, 2.75) is 45.2 Å². The molecule has 0 saturated carbocycles. The molecule has 1 heterocycles. The Morgan fingerprint density at radius 1 is 1.25 bits per heavy atom. The molecule has 2 unspecified atom stereocenters. The van der Waals surface area contributed by atoms with Gasteiger partial charge in [-0.15, -0.1) is 0 Å².